The molecular weight excluding hydrogens is 451 g/mol. The first kappa shape index (κ1) is 25.2. The molecule has 3 aliphatic heterocycles. The molecule has 0 spiro atoms. The van der Waals surface area contributed by atoms with Crippen LogP contribution in [0, 0.1) is 11.8 Å². The second-order valence-electron chi connectivity index (χ2n) is 9.22. The molecule has 0 N–H and O–H groups in total. The molecule has 4 heterocycles. The van der Waals surface area contributed by atoms with E-state index in [1.54, 1.807) is 20.3 Å². The Morgan fingerprint density at radius 3 is 2.12 bits per heavy atom. The van der Waals surface area contributed by atoms with E-state index in [1.807, 2.05) is 6.07 Å². The summed E-state index contributed by atoms with van der Waals surface area (Å²) in [5.41, 5.74) is 2.26. The highest BCUT2D eigenvalue weighted by Gasteiger charge is 2.30. The highest BCUT2D eigenvalue weighted by molar-refractivity contribution is 5.86. The van der Waals surface area contributed by atoms with Crippen LogP contribution in [0.4, 0.5) is 0 Å². The van der Waals surface area contributed by atoms with E-state index < -0.39 is 0 Å². The maximum absolute atomic E-state index is 12.7. The lowest BCUT2D eigenvalue weighted by molar-refractivity contribution is 0.182. The van der Waals surface area contributed by atoms with Crippen LogP contribution in [0.3, 0.4) is 0 Å². The lowest BCUT2D eigenvalue weighted by Crippen LogP contribution is -2.40. The van der Waals surface area contributed by atoms with Gasteiger partial charge in [-0.05, 0) is 55.6 Å². The summed E-state index contributed by atoms with van der Waals surface area (Å²) in [5.74, 6) is 3.05. The average molecular weight is 485 g/mol. The van der Waals surface area contributed by atoms with Crippen LogP contribution in [0.5, 0.6) is 11.5 Å². The minimum atomic E-state index is -0.220. The quantitative estimate of drug-likeness (QED) is 0.594. The van der Waals surface area contributed by atoms with Crippen LogP contribution in [0.15, 0.2) is 21.3 Å². The first-order chi connectivity index (χ1) is 14.6. The molecule has 0 amide bonds. The second kappa shape index (κ2) is 10.6. The van der Waals surface area contributed by atoms with Gasteiger partial charge in [0.05, 0.1) is 19.8 Å². The molecule has 1 saturated carbocycles. The lowest BCUT2D eigenvalue weighted by Gasteiger charge is -2.31. The predicted octanol–water partition coefficient (Wildman–Crippen LogP) is 4.13. The summed E-state index contributed by atoms with van der Waals surface area (Å²) in [6, 6.07) is 3.70. The van der Waals surface area contributed by atoms with Crippen molar-refractivity contribution in [3.05, 3.63) is 33.7 Å². The van der Waals surface area contributed by atoms with Gasteiger partial charge in [0, 0.05) is 50.7 Å². The summed E-state index contributed by atoms with van der Waals surface area (Å²) in [4.78, 5) is 17.8. The van der Waals surface area contributed by atoms with E-state index in [0.717, 1.165) is 54.4 Å². The maximum atomic E-state index is 12.7. The average Bonchev–Trinajstić information content (AvgIpc) is 3.10. The van der Waals surface area contributed by atoms with E-state index in [2.05, 4.69) is 9.80 Å². The number of benzene rings is 1. The molecule has 0 radical (unpaired) electrons. The molecule has 2 bridgehead atoms. The van der Waals surface area contributed by atoms with Crippen molar-refractivity contribution in [2.45, 2.75) is 38.6 Å². The highest BCUT2D eigenvalue weighted by Crippen LogP contribution is 2.36. The van der Waals surface area contributed by atoms with E-state index in [-0.39, 0.29) is 30.4 Å². The summed E-state index contributed by atoms with van der Waals surface area (Å²) >= 11 is 0. The number of rotatable bonds is 5. The van der Waals surface area contributed by atoms with Gasteiger partial charge in [-0.25, -0.2) is 4.79 Å². The van der Waals surface area contributed by atoms with Crippen molar-refractivity contribution in [2.75, 3.05) is 46.9 Å². The molecule has 6 nitrogen and oxygen atoms in total. The third kappa shape index (κ3) is 4.89. The van der Waals surface area contributed by atoms with Gasteiger partial charge in [0.25, 0.3) is 0 Å². The van der Waals surface area contributed by atoms with Crippen LogP contribution < -0.4 is 15.1 Å². The van der Waals surface area contributed by atoms with Gasteiger partial charge in [-0.2, -0.15) is 0 Å². The first-order valence-electron chi connectivity index (χ1n) is 11.3. The largest absolute Gasteiger partial charge is 0.493 e. The molecule has 32 heavy (non-hydrogen) atoms. The van der Waals surface area contributed by atoms with Crippen LogP contribution in [-0.2, 0) is 13.0 Å². The van der Waals surface area contributed by atoms with E-state index in [9.17, 15) is 4.79 Å². The summed E-state index contributed by atoms with van der Waals surface area (Å²) in [6.45, 7) is 6.28. The topological polar surface area (TPSA) is 55.2 Å². The van der Waals surface area contributed by atoms with Crippen LogP contribution in [0.1, 0.15) is 36.8 Å². The van der Waals surface area contributed by atoms with Crippen LogP contribution in [-0.4, -0.2) is 56.7 Å². The molecule has 178 valence electrons. The summed E-state index contributed by atoms with van der Waals surface area (Å²) in [6.07, 6.45) is 6.53. The monoisotopic (exact) mass is 484 g/mol. The SMILES string of the molecule is COc1cc2oc(=O)c3c(c2cc1OC)CCN(CCN1CC2CCC(CC2)C1)C3.Cl.Cl. The molecule has 6 rings (SSSR count). The molecule has 0 unspecified atom stereocenters. The fourth-order valence-corrected chi connectivity index (χ4v) is 5.70. The number of hydrogen-bond donors (Lipinski definition) is 0. The van der Waals surface area contributed by atoms with Crippen LogP contribution >= 0.6 is 24.8 Å². The number of fused-ring (bicyclic) bond motifs is 7. The molecule has 1 aromatic heterocycles. The Labute approximate surface area is 202 Å². The normalized spacial score (nSPS) is 23.1. The predicted molar refractivity (Wildman–Crippen MR) is 131 cm³/mol. The van der Waals surface area contributed by atoms with E-state index in [1.165, 1.54) is 38.8 Å². The number of nitrogens with zero attached hydrogens (tertiary/aromatic N) is 2. The Bertz CT molecular complexity index is 974. The van der Waals surface area contributed by atoms with Gasteiger partial charge in [-0.1, -0.05) is 0 Å². The van der Waals surface area contributed by atoms with Gasteiger partial charge in [0.1, 0.15) is 5.58 Å². The van der Waals surface area contributed by atoms with Gasteiger partial charge >= 0.3 is 5.63 Å². The summed E-state index contributed by atoms with van der Waals surface area (Å²) in [5, 5.41) is 0.964. The van der Waals surface area contributed by atoms with Gasteiger partial charge in [0.15, 0.2) is 11.5 Å². The Morgan fingerprint density at radius 2 is 1.50 bits per heavy atom. The number of methoxy groups -OCH3 is 2. The van der Waals surface area contributed by atoms with E-state index in [4.69, 9.17) is 13.9 Å². The van der Waals surface area contributed by atoms with Crippen molar-refractivity contribution < 1.29 is 13.9 Å². The zero-order chi connectivity index (χ0) is 20.7. The Morgan fingerprint density at radius 1 is 0.906 bits per heavy atom. The Hall–Kier alpha value is -1.47. The third-order valence-electron chi connectivity index (χ3n) is 7.42. The molecule has 0 atom stereocenters. The zero-order valence-electron chi connectivity index (χ0n) is 18.9. The van der Waals surface area contributed by atoms with E-state index >= 15 is 0 Å². The number of hydrogen-bond acceptors (Lipinski definition) is 6. The minimum absolute atomic E-state index is 0. The fraction of sp³-hybridized carbons (Fsp3) is 0.625. The van der Waals surface area contributed by atoms with Crippen LogP contribution in [0.25, 0.3) is 11.0 Å². The number of ether oxygens (including phenoxy) is 2. The standard InChI is InChI=1S/C24H32N2O4.2ClH/c1-28-22-11-19-18-7-8-25(9-10-26-13-16-3-4-17(14-26)6-5-16)15-20(18)24(27)30-21(19)12-23(22)29-2;;/h11-12,16-17H,3-10,13-15H2,1-2H3;2*1H. The summed E-state index contributed by atoms with van der Waals surface area (Å²) < 4.78 is 16.5. The van der Waals surface area contributed by atoms with Crippen molar-refractivity contribution >= 4 is 35.8 Å². The van der Waals surface area contributed by atoms with Crippen molar-refractivity contribution in [1.82, 2.24) is 9.80 Å². The van der Waals surface area contributed by atoms with Gasteiger partial charge in [-0.15, -0.1) is 24.8 Å². The number of halogens is 2. The van der Waals surface area contributed by atoms with Crippen LogP contribution in [0.2, 0.25) is 0 Å². The van der Waals surface area contributed by atoms with Crippen molar-refractivity contribution in [3.63, 3.8) is 0 Å². The Kier molecular flexibility index (Phi) is 8.37. The third-order valence-corrected chi connectivity index (χ3v) is 7.42. The van der Waals surface area contributed by atoms with Crippen molar-refractivity contribution in [1.29, 1.82) is 0 Å². The van der Waals surface area contributed by atoms with Crippen molar-refractivity contribution in [2.24, 2.45) is 11.8 Å². The molecule has 2 saturated heterocycles. The van der Waals surface area contributed by atoms with Gasteiger partial charge in [-0.3, -0.25) is 4.90 Å². The Balaban J connectivity index is 0.00000144. The lowest BCUT2D eigenvalue weighted by atomic mass is 9.84. The van der Waals surface area contributed by atoms with E-state index in [0.29, 0.717) is 23.6 Å². The minimum Gasteiger partial charge on any atom is -0.493 e. The smallest absolute Gasteiger partial charge is 0.341 e. The van der Waals surface area contributed by atoms with Crippen molar-refractivity contribution in [3.8, 4) is 11.5 Å². The molecule has 2 aromatic rings. The molecular formula is C24H34Cl2N2O4. The molecule has 1 aliphatic carbocycles. The zero-order valence-corrected chi connectivity index (χ0v) is 20.6. The molecule has 1 aromatic carbocycles. The molecule has 3 fully saturated rings. The van der Waals surface area contributed by atoms with Gasteiger partial charge in [0.2, 0.25) is 0 Å². The molecule has 8 heteroatoms. The fourth-order valence-electron chi connectivity index (χ4n) is 5.70. The molecule has 4 aliphatic rings. The highest BCUT2D eigenvalue weighted by atomic mass is 35.5. The second-order valence-corrected chi connectivity index (χ2v) is 9.22. The van der Waals surface area contributed by atoms with Gasteiger partial charge < -0.3 is 18.8 Å². The summed E-state index contributed by atoms with van der Waals surface area (Å²) in [7, 11) is 3.22. The maximum Gasteiger partial charge on any atom is 0.341 e. The first-order valence-corrected chi connectivity index (χ1v) is 11.3.